The van der Waals surface area contributed by atoms with Crippen LogP contribution in [0.3, 0.4) is 0 Å². The van der Waals surface area contributed by atoms with Crippen LogP contribution in [-0.2, 0) is 0 Å². The maximum Gasteiger partial charge on any atom is 0.164 e. The van der Waals surface area contributed by atoms with Gasteiger partial charge in [-0.05, 0) is 76.7 Å². The summed E-state index contributed by atoms with van der Waals surface area (Å²) in [6.07, 6.45) is 8.19. The van der Waals surface area contributed by atoms with Gasteiger partial charge in [0.2, 0.25) is 0 Å². The molecule has 0 bridgehead atoms. The van der Waals surface area contributed by atoms with Gasteiger partial charge in [0.25, 0.3) is 0 Å². The molecule has 63 heavy (non-hydrogen) atoms. The molecule has 0 saturated heterocycles. The van der Waals surface area contributed by atoms with E-state index in [4.69, 9.17) is 15.0 Å². The van der Waals surface area contributed by atoms with Crippen molar-refractivity contribution in [3.05, 3.63) is 219 Å². The molecule has 11 rings (SSSR count). The summed E-state index contributed by atoms with van der Waals surface area (Å²) in [6, 6.07) is 66.4. The summed E-state index contributed by atoms with van der Waals surface area (Å²) in [4.78, 5) is 15.5. The maximum atomic E-state index is 5.25. The molecular formula is C58H40N4S. The molecular weight excluding hydrogens is 785 g/mol. The molecule has 0 fully saturated rings. The topological polar surface area (TPSA) is 43.6 Å². The Kier molecular flexibility index (Phi) is 9.72. The van der Waals surface area contributed by atoms with Crippen LogP contribution >= 0.6 is 11.3 Å². The van der Waals surface area contributed by atoms with Crippen LogP contribution in [0.15, 0.2) is 219 Å². The van der Waals surface area contributed by atoms with Gasteiger partial charge in [-0.3, -0.25) is 0 Å². The van der Waals surface area contributed by atoms with Crippen LogP contribution in [0, 0.1) is 0 Å². The Bertz CT molecular complexity index is 3520. The fraction of sp³-hybridized carbons (Fsp3) is 0.0172. The van der Waals surface area contributed by atoms with Gasteiger partial charge < -0.3 is 4.57 Å². The highest BCUT2D eigenvalue weighted by atomic mass is 32.1. The lowest BCUT2D eigenvalue weighted by Crippen LogP contribution is -2.01. The van der Waals surface area contributed by atoms with Gasteiger partial charge in [0.1, 0.15) is 0 Å². The second-order valence-electron chi connectivity index (χ2n) is 15.6. The van der Waals surface area contributed by atoms with Crippen LogP contribution in [0.1, 0.15) is 6.92 Å². The van der Waals surface area contributed by atoms with E-state index in [2.05, 4.69) is 169 Å². The highest BCUT2D eigenvalue weighted by Gasteiger charge is 2.20. The predicted molar refractivity (Wildman–Crippen MR) is 268 cm³/mol. The molecule has 0 atom stereocenters. The molecule has 0 N–H and O–H groups in total. The number of hydrogen-bond acceptors (Lipinski definition) is 4. The second-order valence-corrected chi connectivity index (χ2v) is 16.7. The molecule has 5 heteroatoms. The Labute approximate surface area is 370 Å². The Morgan fingerprint density at radius 2 is 1.05 bits per heavy atom. The van der Waals surface area contributed by atoms with Crippen molar-refractivity contribution in [1.82, 2.24) is 19.5 Å². The second kappa shape index (κ2) is 16.1. The smallest absolute Gasteiger partial charge is 0.164 e. The Morgan fingerprint density at radius 3 is 1.76 bits per heavy atom. The van der Waals surface area contributed by atoms with Crippen molar-refractivity contribution in [2.45, 2.75) is 6.92 Å². The number of allylic oxidation sites excluding steroid dienone is 5. The third-order valence-corrected chi connectivity index (χ3v) is 12.9. The molecule has 298 valence electrons. The normalized spacial score (nSPS) is 11.8. The molecule has 0 amide bonds. The molecule has 8 aromatic carbocycles. The molecule has 0 unspecified atom stereocenters. The first-order chi connectivity index (χ1) is 31.1. The van der Waals surface area contributed by atoms with Crippen molar-refractivity contribution in [3.63, 3.8) is 0 Å². The van der Waals surface area contributed by atoms with E-state index in [1.54, 1.807) is 0 Å². The molecule has 3 heterocycles. The first kappa shape index (κ1) is 38.0. The van der Waals surface area contributed by atoms with Gasteiger partial charge >= 0.3 is 0 Å². The van der Waals surface area contributed by atoms with Crippen LogP contribution < -0.4 is 0 Å². The van der Waals surface area contributed by atoms with E-state index in [-0.39, 0.29) is 0 Å². The fourth-order valence-corrected chi connectivity index (χ4v) is 10.0. The van der Waals surface area contributed by atoms with Gasteiger partial charge in [0, 0.05) is 53.3 Å². The van der Waals surface area contributed by atoms with Crippen LogP contribution in [-0.4, -0.2) is 19.5 Å². The third-order valence-electron chi connectivity index (χ3n) is 11.7. The zero-order chi connectivity index (χ0) is 42.3. The lowest BCUT2D eigenvalue weighted by Gasteiger charge is -2.15. The maximum absolute atomic E-state index is 5.25. The van der Waals surface area contributed by atoms with Crippen LogP contribution in [0.25, 0.3) is 115 Å². The van der Waals surface area contributed by atoms with E-state index in [1.165, 1.54) is 42.1 Å². The summed E-state index contributed by atoms with van der Waals surface area (Å²) < 4.78 is 4.77. The van der Waals surface area contributed by atoms with Crippen LogP contribution in [0.2, 0.25) is 0 Å². The highest BCUT2D eigenvalue weighted by Crippen LogP contribution is 2.45. The van der Waals surface area contributed by atoms with Gasteiger partial charge in [-0.1, -0.05) is 183 Å². The average Bonchev–Trinajstić information content (AvgIpc) is 3.90. The summed E-state index contributed by atoms with van der Waals surface area (Å²) in [5.41, 5.74) is 12.7. The molecule has 0 saturated carbocycles. The monoisotopic (exact) mass is 824 g/mol. The molecule has 0 aliphatic rings. The Balaban J connectivity index is 1.12. The SMILES string of the molecule is C=C(/C=C\C=C/C)n1c2ccccc2c2c3sc4cc(-c5ccc(-c6cccc(-c7ccccc7)c6)cc5-c5nc(-c6ccccc6)nc(-c6ccccc6)n5)ccc4c3ccc21. The molecule has 0 radical (unpaired) electrons. The van der Waals surface area contributed by atoms with Gasteiger partial charge in [-0.25, -0.2) is 15.0 Å². The van der Waals surface area contributed by atoms with Crippen molar-refractivity contribution in [2.75, 3.05) is 0 Å². The summed E-state index contributed by atoms with van der Waals surface area (Å²) in [6.45, 7) is 6.51. The van der Waals surface area contributed by atoms with E-state index >= 15 is 0 Å². The number of thiophene rings is 1. The summed E-state index contributed by atoms with van der Waals surface area (Å²) in [5, 5.41) is 4.95. The average molecular weight is 825 g/mol. The zero-order valence-corrected chi connectivity index (χ0v) is 35.4. The molecule has 0 aliphatic carbocycles. The van der Waals surface area contributed by atoms with Crippen molar-refractivity contribution < 1.29 is 0 Å². The highest BCUT2D eigenvalue weighted by molar-refractivity contribution is 7.26. The largest absolute Gasteiger partial charge is 0.310 e. The van der Waals surface area contributed by atoms with E-state index in [0.717, 1.165) is 55.7 Å². The van der Waals surface area contributed by atoms with Crippen LogP contribution in [0.5, 0.6) is 0 Å². The van der Waals surface area contributed by atoms with Gasteiger partial charge in [0.15, 0.2) is 17.5 Å². The summed E-state index contributed by atoms with van der Waals surface area (Å²) >= 11 is 1.85. The standard InChI is InChI=1S/C58H40N4S/c1-3-4-8-18-38(2)62-51-28-16-15-27-49(51)54-52(62)34-33-48-47-32-30-45(37-53(47)63-55(48)54)46-31-29-44(43-26-17-25-42(35-43)39-19-9-5-10-20-39)36-50(46)58-60-56(40-21-11-6-12-22-40)59-57(61-58)41-23-13-7-14-24-41/h3-37H,2H2,1H3/b4-3-,18-8-. The lowest BCUT2D eigenvalue weighted by molar-refractivity contribution is 1.07. The molecule has 4 nitrogen and oxygen atoms in total. The van der Waals surface area contributed by atoms with E-state index in [1.807, 2.05) is 72.9 Å². The number of aromatic nitrogens is 4. The number of fused-ring (bicyclic) bond motifs is 7. The fourth-order valence-electron chi connectivity index (χ4n) is 8.71. The van der Waals surface area contributed by atoms with Gasteiger partial charge in [-0.2, -0.15) is 0 Å². The summed E-state index contributed by atoms with van der Waals surface area (Å²) in [7, 11) is 0. The molecule has 3 aromatic heterocycles. The minimum absolute atomic E-state index is 0.619. The van der Waals surface area contributed by atoms with E-state index in [9.17, 15) is 0 Å². The Morgan fingerprint density at radius 1 is 0.460 bits per heavy atom. The van der Waals surface area contributed by atoms with Gasteiger partial charge in [0.05, 0.1) is 11.0 Å². The number of hydrogen-bond donors (Lipinski definition) is 0. The van der Waals surface area contributed by atoms with Crippen LogP contribution in [0.4, 0.5) is 0 Å². The van der Waals surface area contributed by atoms with Crippen molar-refractivity contribution in [2.24, 2.45) is 0 Å². The van der Waals surface area contributed by atoms with E-state index < -0.39 is 0 Å². The lowest BCUT2D eigenvalue weighted by atomic mass is 9.92. The minimum atomic E-state index is 0.619. The van der Waals surface area contributed by atoms with E-state index in [0.29, 0.717) is 17.5 Å². The third kappa shape index (κ3) is 6.95. The quantitative estimate of drug-likeness (QED) is 0.136. The summed E-state index contributed by atoms with van der Waals surface area (Å²) in [5.74, 6) is 1.88. The number of nitrogens with zero attached hydrogens (tertiary/aromatic N) is 4. The van der Waals surface area contributed by atoms with Gasteiger partial charge in [-0.15, -0.1) is 11.3 Å². The molecule has 0 aliphatic heterocycles. The predicted octanol–water partition coefficient (Wildman–Crippen LogP) is 16.0. The molecule has 11 aromatic rings. The minimum Gasteiger partial charge on any atom is -0.310 e. The molecule has 0 spiro atoms. The first-order valence-corrected chi connectivity index (χ1v) is 22.0. The van der Waals surface area contributed by atoms with Crippen molar-refractivity contribution in [3.8, 4) is 67.5 Å². The Hall–Kier alpha value is -7.99. The number of para-hydroxylation sites is 1. The van der Waals surface area contributed by atoms with Crippen molar-refractivity contribution >= 4 is 59.0 Å². The number of benzene rings is 8. The van der Waals surface area contributed by atoms with Crippen molar-refractivity contribution in [1.29, 1.82) is 0 Å². The first-order valence-electron chi connectivity index (χ1n) is 21.2. The number of rotatable bonds is 9. The zero-order valence-electron chi connectivity index (χ0n) is 34.6.